The Labute approximate surface area is 159 Å². The average molecular weight is 367 g/mol. The Morgan fingerprint density at radius 1 is 1.04 bits per heavy atom. The minimum absolute atomic E-state index is 0.0541. The van der Waals surface area contributed by atoms with Crippen molar-refractivity contribution in [3.63, 3.8) is 0 Å². The van der Waals surface area contributed by atoms with E-state index in [4.69, 9.17) is 4.74 Å². The summed E-state index contributed by atoms with van der Waals surface area (Å²) in [6.45, 7) is 4.37. The maximum atomic E-state index is 12.9. The van der Waals surface area contributed by atoms with Crippen LogP contribution in [0, 0.1) is 5.92 Å². The number of amides is 3. The molecule has 0 fully saturated rings. The van der Waals surface area contributed by atoms with Crippen LogP contribution < -0.4 is 20.7 Å². The first-order valence-electron chi connectivity index (χ1n) is 9.19. The van der Waals surface area contributed by atoms with E-state index in [0.717, 1.165) is 11.3 Å². The molecule has 2 aromatic carbocycles. The first-order valence-corrected chi connectivity index (χ1v) is 9.19. The van der Waals surface area contributed by atoms with Crippen LogP contribution in [0.15, 0.2) is 54.6 Å². The van der Waals surface area contributed by atoms with Gasteiger partial charge in [-0.25, -0.2) is 4.79 Å². The molecule has 0 aromatic heterocycles. The summed E-state index contributed by atoms with van der Waals surface area (Å²) in [6, 6.07) is 15.7. The van der Waals surface area contributed by atoms with E-state index in [-0.39, 0.29) is 17.9 Å². The molecule has 0 bridgehead atoms. The predicted octanol–water partition coefficient (Wildman–Crippen LogP) is 3.47. The highest BCUT2D eigenvalue weighted by molar-refractivity contribution is 5.93. The van der Waals surface area contributed by atoms with Gasteiger partial charge in [-0.2, -0.15) is 0 Å². The van der Waals surface area contributed by atoms with Gasteiger partial charge >= 0.3 is 6.03 Å². The molecule has 1 heterocycles. The highest BCUT2D eigenvalue weighted by Crippen LogP contribution is 2.31. The summed E-state index contributed by atoms with van der Waals surface area (Å²) >= 11 is 0. The average Bonchev–Trinajstić information content (AvgIpc) is 2.67. The number of hydrogen-bond donors (Lipinski definition) is 3. The van der Waals surface area contributed by atoms with Gasteiger partial charge in [-0.3, -0.25) is 4.79 Å². The van der Waals surface area contributed by atoms with Crippen molar-refractivity contribution in [2.45, 2.75) is 32.4 Å². The maximum Gasteiger partial charge on any atom is 0.319 e. The molecule has 27 heavy (non-hydrogen) atoms. The van der Waals surface area contributed by atoms with Crippen molar-refractivity contribution in [3.8, 4) is 5.75 Å². The van der Waals surface area contributed by atoms with Gasteiger partial charge in [0.2, 0.25) is 5.91 Å². The molecule has 2 atom stereocenters. The molecule has 1 aliphatic heterocycles. The quantitative estimate of drug-likeness (QED) is 0.757. The van der Waals surface area contributed by atoms with Crippen LogP contribution in [0.2, 0.25) is 0 Å². The lowest BCUT2D eigenvalue weighted by atomic mass is 9.98. The number of benzene rings is 2. The van der Waals surface area contributed by atoms with Crippen molar-refractivity contribution in [1.29, 1.82) is 0 Å². The van der Waals surface area contributed by atoms with Gasteiger partial charge in [-0.1, -0.05) is 50.2 Å². The number of fused-ring (bicyclic) bond motifs is 1. The van der Waals surface area contributed by atoms with Gasteiger partial charge < -0.3 is 20.7 Å². The fourth-order valence-electron chi connectivity index (χ4n) is 3.12. The molecule has 0 aliphatic carbocycles. The van der Waals surface area contributed by atoms with Gasteiger partial charge in [-0.15, -0.1) is 0 Å². The highest BCUT2D eigenvalue weighted by atomic mass is 16.5. The summed E-state index contributed by atoms with van der Waals surface area (Å²) in [6.07, 6.45) is 0.698. The SMILES string of the molecule is CC(C)[C@@H](NC(=O)Nc1ccccc1)C(=O)N[C@H]1CCOc2ccccc21. The first-order chi connectivity index (χ1) is 13.0. The third kappa shape index (κ3) is 4.78. The van der Waals surface area contributed by atoms with Crippen LogP contribution in [0.5, 0.6) is 5.75 Å². The zero-order chi connectivity index (χ0) is 19.2. The molecular formula is C21H25N3O3. The normalized spacial score (nSPS) is 16.6. The molecule has 0 spiro atoms. The van der Waals surface area contributed by atoms with E-state index in [1.807, 2.05) is 56.3 Å². The van der Waals surface area contributed by atoms with Crippen molar-refractivity contribution in [1.82, 2.24) is 10.6 Å². The number of carbonyl (C=O) groups is 2. The molecule has 6 heteroatoms. The van der Waals surface area contributed by atoms with Crippen LogP contribution in [0.25, 0.3) is 0 Å². The molecule has 6 nitrogen and oxygen atoms in total. The Bertz CT molecular complexity index is 792. The molecule has 0 saturated carbocycles. The largest absolute Gasteiger partial charge is 0.493 e. The van der Waals surface area contributed by atoms with E-state index >= 15 is 0 Å². The second-order valence-corrected chi connectivity index (χ2v) is 6.92. The van der Waals surface area contributed by atoms with E-state index < -0.39 is 12.1 Å². The zero-order valence-electron chi connectivity index (χ0n) is 15.6. The molecule has 0 saturated heterocycles. The van der Waals surface area contributed by atoms with Gasteiger partial charge in [0.05, 0.1) is 12.6 Å². The van der Waals surface area contributed by atoms with E-state index in [1.54, 1.807) is 12.1 Å². The van der Waals surface area contributed by atoms with Crippen LogP contribution in [0.4, 0.5) is 10.5 Å². The molecule has 0 unspecified atom stereocenters. The third-order valence-corrected chi connectivity index (χ3v) is 4.54. The van der Waals surface area contributed by atoms with E-state index in [0.29, 0.717) is 18.7 Å². The lowest BCUT2D eigenvalue weighted by molar-refractivity contribution is -0.124. The highest BCUT2D eigenvalue weighted by Gasteiger charge is 2.29. The van der Waals surface area contributed by atoms with Gasteiger partial charge in [0, 0.05) is 17.7 Å². The fourth-order valence-corrected chi connectivity index (χ4v) is 3.12. The molecule has 3 N–H and O–H groups in total. The monoisotopic (exact) mass is 367 g/mol. The second-order valence-electron chi connectivity index (χ2n) is 6.92. The summed E-state index contributed by atoms with van der Waals surface area (Å²) in [5, 5.41) is 8.60. The van der Waals surface area contributed by atoms with Crippen molar-refractivity contribution < 1.29 is 14.3 Å². The fraction of sp³-hybridized carbons (Fsp3) is 0.333. The third-order valence-electron chi connectivity index (χ3n) is 4.54. The Morgan fingerprint density at radius 3 is 2.48 bits per heavy atom. The number of ether oxygens (including phenoxy) is 1. The van der Waals surface area contributed by atoms with E-state index in [1.165, 1.54) is 0 Å². The van der Waals surface area contributed by atoms with Crippen molar-refractivity contribution in [2.75, 3.05) is 11.9 Å². The van der Waals surface area contributed by atoms with Crippen LogP contribution in [0.3, 0.4) is 0 Å². The topological polar surface area (TPSA) is 79.5 Å². The van der Waals surface area contributed by atoms with Crippen LogP contribution in [0.1, 0.15) is 31.9 Å². The standard InChI is InChI=1S/C21H25N3O3/c1-14(2)19(24-21(26)22-15-8-4-3-5-9-15)20(25)23-17-12-13-27-18-11-7-6-10-16(17)18/h3-11,14,17,19H,12-13H2,1-2H3,(H,23,25)(H2,22,24,26)/t17-,19+/m0/s1. The number of urea groups is 1. The van der Waals surface area contributed by atoms with Crippen molar-refractivity contribution >= 4 is 17.6 Å². The Kier molecular flexibility index (Phi) is 5.96. The minimum atomic E-state index is -0.635. The maximum absolute atomic E-state index is 12.9. The Balaban J connectivity index is 1.65. The first kappa shape index (κ1) is 18.8. The number of carbonyl (C=O) groups excluding carboxylic acids is 2. The number of hydrogen-bond acceptors (Lipinski definition) is 3. The van der Waals surface area contributed by atoms with Crippen LogP contribution >= 0.6 is 0 Å². The molecular weight excluding hydrogens is 342 g/mol. The Morgan fingerprint density at radius 2 is 1.74 bits per heavy atom. The summed E-state index contributed by atoms with van der Waals surface area (Å²) in [5.41, 5.74) is 1.64. The minimum Gasteiger partial charge on any atom is -0.493 e. The Hall–Kier alpha value is -3.02. The summed E-state index contributed by atoms with van der Waals surface area (Å²) < 4.78 is 5.64. The molecule has 0 radical (unpaired) electrons. The second kappa shape index (κ2) is 8.58. The van der Waals surface area contributed by atoms with E-state index in [2.05, 4.69) is 16.0 Å². The smallest absolute Gasteiger partial charge is 0.319 e. The predicted molar refractivity (Wildman–Crippen MR) is 105 cm³/mol. The molecule has 3 amide bonds. The molecule has 1 aliphatic rings. The lowest BCUT2D eigenvalue weighted by Gasteiger charge is -2.29. The number of rotatable bonds is 5. The number of para-hydroxylation sites is 2. The van der Waals surface area contributed by atoms with Crippen LogP contribution in [-0.2, 0) is 4.79 Å². The van der Waals surface area contributed by atoms with Gasteiger partial charge in [0.15, 0.2) is 0 Å². The van der Waals surface area contributed by atoms with Gasteiger partial charge in [-0.05, 0) is 24.1 Å². The number of nitrogens with one attached hydrogen (secondary N) is 3. The van der Waals surface area contributed by atoms with Crippen molar-refractivity contribution in [2.24, 2.45) is 5.92 Å². The molecule has 3 rings (SSSR count). The molecule has 142 valence electrons. The van der Waals surface area contributed by atoms with Crippen LogP contribution in [-0.4, -0.2) is 24.6 Å². The summed E-state index contributed by atoms with van der Waals surface area (Å²) in [5.74, 6) is 0.543. The summed E-state index contributed by atoms with van der Waals surface area (Å²) in [7, 11) is 0. The number of anilines is 1. The van der Waals surface area contributed by atoms with E-state index in [9.17, 15) is 9.59 Å². The van der Waals surface area contributed by atoms with Crippen molar-refractivity contribution in [3.05, 3.63) is 60.2 Å². The van der Waals surface area contributed by atoms with Gasteiger partial charge in [0.1, 0.15) is 11.8 Å². The lowest BCUT2D eigenvalue weighted by Crippen LogP contribution is -2.51. The zero-order valence-corrected chi connectivity index (χ0v) is 15.6. The molecule has 2 aromatic rings. The van der Waals surface area contributed by atoms with Gasteiger partial charge in [0.25, 0.3) is 0 Å². The summed E-state index contributed by atoms with van der Waals surface area (Å²) in [4.78, 5) is 25.2.